The number of nitrogens with zero attached hydrogens (tertiary/aromatic N) is 6. The predicted molar refractivity (Wildman–Crippen MR) is 79.5 cm³/mol. The average molecular weight is 298 g/mol. The molecule has 2 aromatic rings. The minimum atomic E-state index is 0.804. The molecule has 0 unspecified atom stereocenters. The van der Waals surface area contributed by atoms with Gasteiger partial charge in [0.05, 0.1) is 0 Å². The maximum atomic E-state index is 4.45. The summed E-state index contributed by atoms with van der Waals surface area (Å²) in [5, 5.41) is 1.79. The van der Waals surface area contributed by atoms with E-state index < -0.39 is 0 Å². The van der Waals surface area contributed by atoms with E-state index in [2.05, 4.69) is 42.6 Å². The van der Waals surface area contributed by atoms with E-state index in [-0.39, 0.29) is 0 Å². The first-order valence-electron chi connectivity index (χ1n) is 6.09. The van der Waals surface area contributed by atoms with Gasteiger partial charge in [-0.3, -0.25) is 4.90 Å². The van der Waals surface area contributed by atoms with Crippen LogP contribution in [0.15, 0.2) is 0 Å². The summed E-state index contributed by atoms with van der Waals surface area (Å²) >= 11 is 2.82. The van der Waals surface area contributed by atoms with E-state index in [1.54, 1.807) is 0 Å². The van der Waals surface area contributed by atoms with E-state index in [9.17, 15) is 0 Å². The standard InChI is InChI=1S/C11H18N6S2/c1-8-12-10(18-14-8)17(7-5-6-16(3)4)11-13-9(2)15-19-11/h5-7H2,1-4H3. The molecule has 0 atom stereocenters. The summed E-state index contributed by atoms with van der Waals surface area (Å²) in [4.78, 5) is 13.2. The fourth-order valence-electron chi connectivity index (χ4n) is 1.61. The van der Waals surface area contributed by atoms with Gasteiger partial charge >= 0.3 is 0 Å². The Kier molecular flexibility index (Phi) is 4.78. The Morgan fingerprint density at radius 3 is 1.79 bits per heavy atom. The molecule has 19 heavy (non-hydrogen) atoms. The van der Waals surface area contributed by atoms with E-state index in [0.29, 0.717) is 0 Å². The monoisotopic (exact) mass is 298 g/mol. The second kappa shape index (κ2) is 6.36. The van der Waals surface area contributed by atoms with E-state index in [4.69, 9.17) is 0 Å². The highest BCUT2D eigenvalue weighted by atomic mass is 32.1. The van der Waals surface area contributed by atoms with Crippen LogP contribution in [0.2, 0.25) is 0 Å². The summed E-state index contributed by atoms with van der Waals surface area (Å²) in [5.74, 6) is 1.61. The number of aryl methyl sites for hydroxylation is 2. The predicted octanol–water partition coefficient (Wildman–Crippen LogP) is 2.10. The lowest BCUT2D eigenvalue weighted by Crippen LogP contribution is -2.23. The van der Waals surface area contributed by atoms with Crippen molar-refractivity contribution in [2.45, 2.75) is 20.3 Å². The Labute approximate surface area is 121 Å². The van der Waals surface area contributed by atoms with Gasteiger partial charge in [0.2, 0.25) is 10.3 Å². The third kappa shape index (κ3) is 3.92. The lowest BCUT2D eigenvalue weighted by Gasteiger charge is -2.18. The molecular formula is C11H18N6S2. The summed E-state index contributed by atoms with van der Waals surface area (Å²) in [7, 11) is 4.16. The van der Waals surface area contributed by atoms with Crippen molar-refractivity contribution in [3.05, 3.63) is 11.6 Å². The van der Waals surface area contributed by atoms with Gasteiger partial charge in [-0.1, -0.05) is 0 Å². The Bertz CT molecular complexity index is 480. The highest BCUT2D eigenvalue weighted by Gasteiger charge is 2.17. The number of hydrogen-bond acceptors (Lipinski definition) is 8. The molecule has 104 valence electrons. The van der Waals surface area contributed by atoms with Gasteiger partial charge in [0.1, 0.15) is 11.6 Å². The van der Waals surface area contributed by atoms with Crippen molar-refractivity contribution < 1.29 is 0 Å². The Balaban J connectivity index is 2.13. The summed E-state index contributed by atoms with van der Waals surface area (Å²) in [6, 6.07) is 0. The number of aromatic nitrogens is 4. The van der Waals surface area contributed by atoms with Crippen molar-refractivity contribution in [3.8, 4) is 0 Å². The molecule has 2 heterocycles. The Hall–Kier alpha value is -1.12. The Morgan fingerprint density at radius 1 is 0.895 bits per heavy atom. The van der Waals surface area contributed by atoms with Gasteiger partial charge in [0.25, 0.3) is 0 Å². The average Bonchev–Trinajstić information content (AvgIpc) is 2.94. The highest BCUT2D eigenvalue weighted by molar-refractivity contribution is 7.12. The van der Waals surface area contributed by atoms with Gasteiger partial charge in [-0.05, 0) is 40.9 Å². The van der Waals surface area contributed by atoms with Crippen molar-refractivity contribution in [2.24, 2.45) is 0 Å². The lowest BCUT2D eigenvalue weighted by atomic mass is 10.4. The van der Waals surface area contributed by atoms with Crippen LogP contribution in [0.4, 0.5) is 10.3 Å². The van der Waals surface area contributed by atoms with Crippen LogP contribution in [0.3, 0.4) is 0 Å². The molecule has 2 aromatic heterocycles. The molecule has 0 spiro atoms. The summed E-state index contributed by atoms with van der Waals surface area (Å²) in [6.45, 7) is 5.72. The maximum absolute atomic E-state index is 4.45. The number of rotatable bonds is 6. The first-order valence-corrected chi connectivity index (χ1v) is 7.64. The van der Waals surface area contributed by atoms with E-state index >= 15 is 0 Å². The molecule has 0 radical (unpaired) electrons. The van der Waals surface area contributed by atoms with Gasteiger partial charge < -0.3 is 4.90 Å². The van der Waals surface area contributed by atoms with Crippen LogP contribution in [0.5, 0.6) is 0 Å². The van der Waals surface area contributed by atoms with Crippen LogP contribution >= 0.6 is 23.1 Å². The van der Waals surface area contributed by atoms with Gasteiger partial charge in [-0.15, -0.1) is 0 Å². The zero-order valence-corrected chi connectivity index (χ0v) is 13.3. The minimum absolute atomic E-state index is 0.804. The smallest absolute Gasteiger partial charge is 0.211 e. The largest absolute Gasteiger partial charge is 0.309 e. The second-order valence-corrected chi connectivity index (χ2v) is 6.02. The first-order chi connectivity index (χ1) is 9.06. The van der Waals surface area contributed by atoms with Crippen molar-refractivity contribution in [1.82, 2.24) is 23.6 Å². The zero-order valence-electron chi connectivity index (χ0n) is 11.6. The van der Waals surface area contributed by atoms with Crippen LogP contribution in [0.25, 0.3) is 0 Å². The molecule has 0 aliphatic rings. The molecule has 0 saturated heterocycles. The first kappa shape index (κ1) is 14.3. The van der Waals surface area contributed by atoms with Gasteiger partial charge in [-0.25, -0.2) is 9.97 Å². The van der Waals surface area contributed by atoms with Gasteiger partial charge in [0, 0.05) is 29.6 Å². The molecule has 0 fully saturated rings. The molecule has 6 nitrogen and oxygen atoms in total. The Morgan fingerprint density at radius 2 is 1.42 bits per heavy atom. The molecule has 2 rings (SSSR count). The summed E-state index contributed by atoms with van der Waals surface area (Å²) in [6.07, 6.45) is 1.05. The fourth-order valence-corrected chi connectivity index (χ4v) is 3.08. The second-order valence-electron chi connectivity index (χ2n) is 4.56. The molecule has 0 saturated carbocycles. The third-order valence-electron chi connectivity index (χ3n) is 2.48. The van der Waals surface area contributed by atoms with Gasteiger partial charge in [0.15, 0.2) is 0 Å². The van der Waals surface area contributed by atoms with Crippen LogP contribution < -0.4 is 4.90 Å². The highest BCUT2D eigenvalue weighted by Crippen LogP contribution is 2.28. The molecule has 0 bridgehead atoms. The fraction of sp³-hybridized carbons (Fsp3) is 0.636. The quantitative estimate of drug-likeness (QED) is 0.814. The molecule has 0 amide bonds. The summed E-state index contributed by atoms with van der Waals surface area (Å²) in [5.41, 5.74) is 0. The van der Waals surface area contributed by atoms with Crippen LogP contribution in [-0.2, 0) is 0 Å². The topological polar surface area (TPSA) is 58.0 Å². The van der Waals surface area contributed by atoms with E-state index in [1.165, 1.54) is 23.1 Å². The van der Waals surface area contributed by atoms with E-state index in [1.807, 2.05) is 13.8 Å². The van der Waals surface area contributed by atoms with Crippen LogP contribution in [0.1, 0.15) is 18.1 Å². The summed E-state index contributed by atoms with van der Waals surface area (Å²) < 4.78 is 8.50. The number of hydrogen-bond donors (Lipinski definition) is 0. The minimum Gasteiger partial charge on any atom is -0.309 e. The van der Waals surface area contributed by atoms with Crippen LogP contribution in [-0.4, -0.2) is 50.8 Å². The third-order valence-corrected chi connectivity index (χ3v) is 4.14. The van der Waals surface area contributed by atoms with Crippen molar-refractivity contribution in [3.63, 3.8) is 0 Å². The molecule has 0 aliphatic carbocycles. The molecular weight excluding hydrogens is 280 g/mol. The van der Waals surface area contributed by atoms with Crippen molar-refractivity contribution in [1.29, 1.82) is 0 Å². The van der Waals surface area contributed by atoms with Gasteiger partial charge in [-0.2, -0.15) is 8.75 Å². The molecule has 8 heteroatoms. The van der Waals surface area contributed by atoms with Crippen LogP contribution in [0, 0.1) is 13.8 Å². The van der Waals surface area contributed by atoms with Crippen molar-refractivity contribution >= 4 is 33.3 Å². The van der Waals surface area contributed by atoms with E-state index in [0.717, 1.165) is 41.4 Å². The normalized spacial score (nSPS) is 11.2. The molecule has 0 N–H and O–H groups in total. The zero-order chi connectivity index (χ0) is 13.8. The lowest BCUT2D eigenvalue weighted by molar-refractivity contribution is 0.402. The number of anilines is 2. The molecule has 0 aliphatic heterocycles. The maximum Gasteiger partial charge on any atom is 0.211 e. The SMILES string of the molecule is Cc1nsc(N(CCCN(C)C)c2nc(C)ns2)n1. The molecule has 0 aromatic carbocycles. The van der Waals surface area contributed by atoms with Crippen molar-refractivity contribution in [2.75, 3.05) is 32.1 Å².